The van der Waals surface area contributed by atoms with Gasteiger partial charge in [-0.15, -0.1) is 6.42 Å². The monoisotopic (exact) mass is 341 g/mol. The van der Waals surface area contributed by atoms with Crippen LogP contribution in [0.15, 0.2) is 57.2 Å². The van der Waals surface area contributed by atoms with Gasteiger partial charge in [0, 0.05) is 35.0 Å². The van der Waals surface area contributed by atoms with Crippen LogP contribution in [-0.4, -0.2) is 26.8 Å². The standard InChI is InChI=1S/C18H15NO2S2/c1-4-13-11-14-7-5-6-8-17(14)22-18-10-9-15(12-16(13)18)23(20,21)19(2)3/h1,5-12H,2-3H3. The van der Waals surface area contributed by atoms with Gasteiger partial charge in [-0.1, -0.05) is 35.9 Å². The quantitative estimate of drug-likeness (QED) is 0.784. The molecule has 5 heteroatoms. The molecule has 0 N–H and O–H groups in total. The van der Waals surface area contributed by atoms with Gasteiger partial charge in [-0.05, 0) is 35.9 Å². The fraction of sp³-hybridized carbons (Fsp3) is 0.111. The molecule has 1 aliphatic rings. The molecule has 2 aromatic carbocycles. The maximum absolute atomic E-state index is 12.4. The van der Waals surface area contributed by atoms with E-state index in [1.54, 1.807) is 23.9 Å². The maximum Gasteiger partial charge on any atom is 0.242 e. The van der Waals surface area contributed by atoms with Crippen molar-refractivity contribution in [3.05, 3.63) is 53.6 Å². The first-order chi connectivity index (χ1) is 10.9. The Kier molecular flexibility index (Phi) is 4.07. The van der Waals surface area contributed by atoms with E-state index in [4.69, 9.17) is 6.42 Å². The Morgan fingerprint density at radius 1 is 1.09 bits per heavy atom. The molecule has 0 fully saturated rings. The summed E-state index contributed by atoms with van der Waals surface area (Å²) < 4.78 is 25.9. The summed E-state index contributed by atoms with van der Waals surface area (Å²) >= 11 is 1.59. The lowest BCUT2D eigenvalue weighted by Gasteiger charge is -2.14. The first kappa shape index (κ1) is 15.9. The van der Waals surface area contributed by atoms with Crippen LogP contribution in [0, 0.1) is 12.3 Å². The molecule has 0 aliphatic carbocycles. The van der Waals surface area contributed by atoms with E-state index < -0.39 is 10.0 Å². The Hall–Kier alpha value is -2.00. The Morgan fingerprint density at radius 2 is 1.83 bits per heavy atom. The summed E-state index contributed by atoms with van der Waals surface area (Å²) in [5.41, 5.74) is 2.50. The molecule has 0 bridgehead atoms. The van der Waals surface area contributed by atoms with Crippen LogP contribution in [0.2, 0.25) is 0 Å². The Balaban J connectivity index is 2.23. The van der Waals surface area contributed by atoms with Crippen LogP contribution in [0.5, 0.6) is 0 Å². The molecule has 0 atom stereocenters. The molecule has 0 saturated carbocycles. The second-order valence-electron chi connectivity index (χ2n) is 5.29. The maximum atomic E-state index is 12.4. The molecular formula is C18H15NO2S2. The minimum atomic E-state index is -3.49. The highest BCUT2D eigenvalue weighted by atomic mass is 32.2. The predicted molar refractivity (Wildman–Crippen MR) is 94.6 cm³/mol. The summed E-state index contributed by atoms with van der Waals surface area (Å²) in [4.78, 5) is 2.30. The average Bonchev–Trinajstić information content (AvgIpc) is 2.70. The van der Waals surface area contributed by atoms with Gasteiger partial charge in [0.15, 0.2) is 0 Å². The minimum absolute atomic E-state index is 0.244. The highest BCUT2D eigenvalue weighted by Gasteiger charge is 2.21. The number of allylic oxidation sites excluding steroid dienone is 1. The van der Waals surface area contributed by atoms with E-state index >= 15 is 0 Å². The molecule has 0 radical (unpaired) electrons. The van der Waals surface area contributed by atoms with Gasteiger partial charge in [-0.3, -0.25) is 0 Å². The van der Waals surface area contributed by atoms with E-state index in [2.05, 4.69) is 5.92 Å². The third-order valence-corrected chi connectivity index (χ3v) is 6.59. The van der Waals surface area contributed by atoms with E-state index in [1.807, 2.05) is 36.4 Å². The fourth-order valence-electron chi connectivity index (χ4n) is 2.34. The van der Waals surface area contributed by atoms with Crippen LogP contribution >= 0.6 is 11.8 Å². The first-order valence-corrected chi connectivity index (χ1v) is 9.21. The summed E-state index contributed by atoms with van der Waals surface area (Å²) in [6.45, 7) is 0. The van der Waals surface area contributed by atoms with Gasteiger partial charge < -0.3 is 0 Å². The summed E-state index contributed by atoms with van der Waals surface area (Å²) in [5.74, 6) is 2.69. The van der Waals surface area contributed by atoms with Gasteiger partial charge in [-0.25, -0.2) is 12.7 Å². The molecule has 0 amide bonds. The Bertz CT molecular complexity index is 951. The number of rotatable bonds is 2. The highest BCUT2D eigenvalue weighted by molar-refractivity contribution is 7.99. The molecule has 116 valence electrons. The third kappa shape index (κ3) is 2.81. The molecule has 23 heavy (non-hydrogen) atoms. The normalized spacial score (nSPS) is 13.6. The zero-order valence-electron chi connectivity index (χ0n) is 12.8. The SMILES string of the molecule is C#CC1=Cc2ccccc2Sc2ccc(S(=O)(=O)N(C)C)cc21. The van der Waals surface area contributed by atoms with Crippen LogP contribution in [0.25, 0.3) is 11.6 Å². The van der Waals surface area contributed by atoms with Crippen molar-refractivity contribution in [3.8, 4) is 12.3 Å². The number of sulfonamides is 1. The predicted octanol–water partition coefficient (Wildman–Crippen LogP) is 3.58. The van der Waals surface area contributed by atoms with Crippen LogP contribution in [0.1, 0.15) is 11.1 Å². The summed E-state index contributed by atoms with van der Waals surface area (Å²) in [5, 5.41) is 0. The van der Waals surface area contributed by atoms with Crippen molar-refractivity contribution in [1.82, 2.24) is 4.31 Å². The lowest BCUT2D eigenvalue weighted by atomic mass is 10.0. The molecular weight excluding hydrogens is 326 g/mol. The zero-order valence-corrected chi connectivity index (χ0v) is 14.4. The Labute approximate surface area is 141 Å². The van der Waals surface area contributed by atoms with Crippen molar-refractivity contribution < 1.29 is 8.42 Å². The molecule has 1 heterocycles. The number of hydrogen-bond donors (Lipinski definition) is 0. The van der Waals surface area contributed by atoms with Crippen molar-refractivity contribution in [3.63, 3.8) is 0 Å². The van der Waals surface area contributed by atoms with Crippen molar-refractivity contribution in [1.29, 1.82) is 0 Å². The topological polar surface area (TPSA) is 37.4 Å². The number of fused-ring (bicyclic) bond motifs is 2. The van der Waals surface area contributed by atoms with Gasteiger partial charge in [-0.2, -0.15) is 0 Å². The van der Waals surface area contributed by atoms with Gasteiger partial charge in [0.25, 0.3) is 0 Å². The number of terminal acetylenes is 1. The largest absolute Gasteiger partial charge is 0.242 e. The molecule has 0 unspecified atom stereocenters. The van der Waals surface area contributed by atoms with Gasteiger partial charge in [0.1, 0.15) is 0 Å². The second-order valence-corrected chi connectivity index (χ2v) is 8.52. The molecule has 0 aromatic heterocycles. The lowest BCUT2D eigenvalue weighted by Crippen LogP contribution is -2.22. The van der Waals surface area contributed by atoms with E-state index in [0.717, 1.165) is 20.9 Å². The summed E-state index contributed by atoms with van der Waals surface area (Å²) in [6.07, 6.45) is 7.61. The number of benzene rings is 2. The summed E-state index contributed by atoms with van der Waals surface area (Å²) in [6, 6.07) is 13.1. The molecule has 3 nitrogen and oxygen atoms in total. The van der Waals surface area contributed by atoms with E-state index in [9.17, 15) is 8.42 Å². The molecule has 1 aliphatic heterocycles. The highest BCUT2D eigenvalue weighted by Crippen LogP contribution is 2.41. The van der Waals surface area contributed by atoms with E-state index in [0.29, 0.717) is 5.57 Å². The van der Waals surface area contributed by atoms with Gasteiger partial charge in [0.2, 0.25) is 10.0 Å². The van der Waals surface area contributed by atoms with Crippen molar-refractivity contribution in [2.24, 2.45) is 0 Å². The Morgan fingerprint density at radius 3 is 2.52 bits per heavy atom. The van der Waals surface area contributed by atoms with Crippen molar-refractivity contribution >= 4 is 33.4 Å². The van der Waals surface area contributed by atoms with Gasteiger partial charge in [0.05, 0.1) is 4.90 Å². The smallest absolute Gasteiger partial charge is 0.207 e. The van der Waals surface area contributed by atoms with Crippen LogP contribution < -0.4 is 0 Å². The second kappa shape index (κ2) is 5.89. The average molecular weight is 341 g/mol. The molecule has 0 saturated heterocycles. The zero-order chi connectivity index (χ0) is 16.6. The number of nitrogens with zero attached hydrogens (tertiary/aromatic N) is 1. The first-order valence-electron chi connectivity index (χ1n) is 6.95. The minimum Gasteiger partial charge on any atom is -0.207 e. The third-order valence-electron chi connectivity index (χ3n) is 3.61. The molecule has 0 spiro atoms. The number of hydrogen-bond acceptors (Lipinski definition) is 3. The van der Waals surface area contributed by atoms with Gasteiger partial charge >= 0.3 is 0 Å². The lowest BCUT2D eigenvalue weighted by molar-refractivity contribution is 0.520. The molecule has 2 aromatic rings. The van der Waals surface area contributed by atoms with Crippen LogP contribution in [0.3, 0.4) is 0 Å². The van der Waals surface area contributed by atoms with Crippen LogP contribution in [-0.2, 0) is 10.0 Å². The fourth-order valence-corrected chi connectivity index (χ4v) is 4.32. The summed E-state index contributed by atoms with van der Waals surface area (Å²) in [7, 11) is -0.458. The molecule has 3 rings (SSSR count). The van der Waals surface area contributed by atoms with Crippen molar-refractivity contribution in [2.75, 3.05) is 14.1 Å². The van der Waals surface area contributed by atoms with Crippen molar-refractivity contribution in [2.45, 2.75) is 14.7 Å². The van der Waals surface area contributed by atoms with E-state index in [-0.39, 0.29) is 4.90 Å². The van der Waals surface area contributed by atoms with Crippen LogP contribution in [0.4, 0.5) is 0 Å². The van der Waals surface area contributed by atoms with E-state index in [1.165, 1.54) is 18.4 Å².